The van der Waals surface area contributed by atoms with Crippen molar-refractivity contribution in [3.05, 3.63) is 11.3 Å². The van der Waals surface area contributed by atoms with Crippen molar-refractivity contribution in [3.63, 3.8) is 0 Å². The predicted octanol–water partition coefficient (Wildman–Crippen LogP) is 0.116. The van der Waals surface area contributed by atoms with Crippen LogP contribution < -0.4 is 5.73 Å². The molecule has 1 aliphatic heterocycles. The van der Waals surface area contributed by atoms with Gasteiger partial charge in [-0.1, -0.05) is 0 Å². The molecule has 0 saturated heterocycles. The van der Waals surface area contributed by atoms with Gasteiger partial charge in [-0.2, -0.15) is 0 Å². The second-order valence-electron chi connectivity index (χ2n) is 2.03. The van der Waals surface area contributed by atoms with Crippen LogP contribution in [0, 0.1) is 0 Å². The Bertz CT molecular complexity index is 188. The van der Waals surface area contributed by atoms with Crippen molar-refractivity contribution in [2.75, 3.05) is 13.3 Å². The number of cyclic esters (lactones) is 1. The minimum atomic E-state index is -0.525. The van der Waals surface area contributed by atoms with Crippen molar-refractivity contribution in [1.82, 2.24) is 0 Å². The lowest BCUT2D eigenvalue weighted by Gasteiger charge is -1.92. The largest absolute Gasteiger partial charge is 0.456 e. The maximum atomic E-state index is 11.7. The fourth-order valence-corrected chi connectivity index (χ4v) is 0.773. The van der Waals surface area contributed by atoms with Gasteiger partial charge in [-0.3, -0.25) is 4.39 Å². The minimum Gasteiger partial charge on any atom is -0.456 e. The molecule has 4 heteroatoms. The molecule has 1 heterocycles. The number of hydrogen-bond acceptors (Lipinski definition) is 3. The van der Waals surface area contributed by atoms with Gasteiger partial charge in [-0.25, -0.2) is 4.79 Å². The molecule has 56 valence electrons. The van der Waals surface area contributed by atoms with Crippen LogP contribution in [-0.2, 0) is 9.53 Å². The summed E-state index contributed by atoms with van der Waals surface area (Å²) in [5, 5.41) is 0. The topological polar surface area (TPSA) is 52.3 Å². The lowest BCUT2D eigenvalue weighted by molar-refractivity contribution is -0.136. The summed E-state index contributed by atoms with van der Waals surface area (Å²) in [5.74, 6) is -0.525. The van der Waals surface area contributed by atoms with E-state index in [1.807, 2.05) is 0 Å². The highest BCUT2D eigenvalue weighted by Crippen LogP contribution is 2.14. The van der Waals surface area contributed by atoms with Gasteiger partial charge in [0.15, 0.2) is 0 Å². The Morgan fingerprint density at radius 2 is 2.40 bits per heavy atom. The monoisotopic (exact) mass is 145 g/mol. The standard InChI is InChI=1S/C6H8FNO2/c7-2-1-4-3-10-6(9)5(4)8/h1-3,8H2. The zero-order valence-corrected chi connectivity index (χ0v) is 5.39. The highest BCUT2D eigenvalue weighted by molar-refractivity contribution is 5.90. The lowest BCUT2D eigenvalue weighted by atomic mass is 10.2. The number of esters is 1. The van der Waals surface area contributed by atoms with Crippen LogP contribution in [0.2, 0.25) is 0 Å². The predicted molar refractivity (Wildman–Crippen MR) is 32.8 cm³/mol. The average molecular weight is 145 g/mol. The van der Waals surface area contributed by atoms with Crippen LogP contribution in [-0.4, -0.2) is 19.3 Å². The molecule has 0 atom stereocenters. The molecular weight excluding hydrogens is 137 g/mol. The SMILES string of the molecule is NC1=C(CCF)COC1=O. The van der Waals surface area contributed by atoms with E-state index >= 15 is 0 Å². The van der Waals surface area contributed by atoms with E-state index in [-0.39, 0.29) is 18.7 Å². The number of nitrogens with two attached hydrogens (primary N) is 1. The third-order valence-electron chi connectivity index (χ3n) is 1.37. The Kier molecular flexibility index (Phi) is 1.89. The van der Waals surface area contributed by atoms with E-state index in [9.17, 15) is 9.18 Å². The molecule has 1 aliphatic rings. The van der Waals surface area contributed by atoms with Crippen LogP contribution in [0.15, 0.2) is 11.3 Å². The Balaban J connectivity index is 2.65. The first-order valence-electron chi connectivity index (χ1n) is 2.96. The molecule has 0 spiro atoms. The zero-order valence-electron chi connectivity index (χ0n) is 5.39. The van der Waals surface area contributed by atoms with Crippen LogP contribution in [0.4, 0.5) is 4.39 Å². The van der Waals surface area contributed by atoms with Gasteiger partial charge in [0.25, 0.3) is 0 Å². The van der Waals surface area contributed by atoms with Crippen molar-refractivity contribution < 1.29 is 13.9 Å². The van der Waals surface area contributed by atoms with Crippen LogP contribution >= 0.6 is 0 Å². The van der Waals surface area contributed by atoms with Gasteiger partial charge in [-0.15, -0.1) is 0 Å². The number of carbonyl (C=O) groups excluding carboxylic acids is 1. The summed E-state index contributed by atoms with van der Waals surface area (Å²) in [4.78, 5) is 10.5. The van der Waals surface area contributed by atoms with Gasteiger partial charge in [-0.05, 0) is 0 Å². The molecule has 0 aliphatic carbocycles. The summed E-state index contributed by atoms with van der Waals surface area (Å²) >= 11 is 0. The molecule has 0 saturated carbocycles. The Morgan fingerprint density at radius 1 is 1.70 bits per heavy atom. The third-order valence-corrected chi connectivity index (χ3v) is 1.37. The maximum absolute atomic E-state index is 11.7. The van der Waals surface area contributed by atoms with Crippen molar-refractivity contribution in [1.29, 1.82) is 0 Å². The summed E-state index contributed by atoms with van der Waals surface area (Å²) in [6.07, 6.45) is 0.206. The molecule has 0 unspecified atom stereocenters. The highest BCUT2D eigenvalue weighted by Gasteiger charge is 2.20. The number of rotatable bonds is 2. The molecule has 0 aromatic rings. The van der Waals surface area contributed by atoms with Gasteiger partial charge >= 0.3 is 5.97 Å². The van der Waals surface area contributed by atoms with Gasteiger partial charge < -0.3 is 10.5 Å². The molecule has 10 heavy (non-hydrogen) atoms. The maximum Gasteiger partial charge on any atom is 0.354 e. The molecular formula is C6H8FNO2. The molecule has 0 aromatic carbocycles. The third kappa shape index (κ3) is 1.10. The summed E-state index contributed by atoms with van der Waals surface area (Å²) in [5.41, 5.74) is 5.90. The lowest BCUT2D eigenvalue weighted by Crippen LogP contribution is -2.07. The van der Waals surface area contributed by atoms with Crippen molar-refractivity contribution in [3.8, 4) is 0 Å². The van der Waals surface area contributed by atoms with Crippen LogP contribution in [0.1, 0.15) is 6.42 Å². The Labute approximate surface area is 57.6 Å². The molecule has 3 nitrogen and oxygen atoms in total. The number of hydrogen-bond donors (Lipinski definition) is 1. The second-order valence-corrected chi connectivity index (χ2v) is 2.03. The van der Waals surface area contributed by atoms with Crippen molar-refractivity contribution >= 4 is 5.97 Å². The number of alkyl halides is 1. The van der Waals surface area contributed by atoms with Gasteiger partial charge in [0.05, 0.1) is 6.67 Å². The minimum absolute atomic E-state index is 0.0812. The van der Waals surface area contributed by atoms with E-state index in [1.54, 1.807) is 0 Å². The fraction of sp³-hybridized carbons (Fsp3) is 0.500. The number of halogens is 1. The smallest absolute Gasteiger partial charge is 0.354 e. The fourth-order valence-electron chi connectivity index (χ4n) is 0.773. The first-order valence-corrected chi connectivity index (χ1v) is 2.96. The van der Waals surface area contributed by atoms with E-state index in [0.717, 1.165) is 0 Å². The van der Waals surface area contributed by atoms with Gasteiger partial charge in [0.1, 0.15) is 12.3 Å². The summed E-state index contributed by atoms with van der Waals surface area (Å²) in [6.45, 7) is -0.332. The summed E-state index contributed by atoms with van der Waals surface area (Å²) in [7, 11) is 0. The Hall–Kier alpha value is -1.06. The molecule has 1 rings (SSSR count). The second kappa shape index (κ2) is 2.68. The molecule has 0 radical (unpaired) electrons. The van der Waals surface area contributed by atoms with Gasteiger partial charge in [0.2, 0.25) is 0 Å². The summed E-state index contributed by atoms with van der Waals surface area (Å²) < 4.78 is 16.2. The van der Waals surface area contributed by atoms with Crippen LogP contribution in [0.25, 0.3) is 0 Å². The first kappa shape index (κ1) is 7.05. The van der Waals surface area contributed by atoms with E-state index in [1.165, 1.54) is 0 Å². The van der Waals surface area contributed by atoms with Crippen molar-refractivity contribution in [2.24, 2.45) is 5.73 Å². The molecule has 2 N–H and O–H groups in total. The van der Waals surface area contributed by atoms with E-state index in [2.05, 4.69) is 4.74 Å². The number of carbonyl (C=O) groups is 1. The quantitative estimate of drug-likeness (QED) is 0.561. The Morgan fingerprint density at radius 3 is 2.80 bits per heavy atom. The van der Waals surface area contributed by atoms with E-state index in [4.69, 9.17) is 5.73 Å². The van der Waals surface area contributed by atoms with Gasteiger partial charge in [0, 0.05) is 12.0 Å². The summed E-state index contributed by atoms with van der Waals surface area (Å²) in [6, 6.07) is 0. The average Bonchev–Trinajstić information content (AvgIpc) is 2.20. The molecule has 0 amide bonds. The van der Waals surface area contributed by atoms with Crippen LogP contribution in [0.5, 0.6) is 0 Å². The van der Waals surface area contributed by atoms with E-state index in [0.29, 0.717) is 5.57 Å². The normalized spacial score (nSPS) is 17.9. The first-order chi connectivity index (χ1) is 4.75. The zero-order chi connectivity index (χ0) is 7.56. The molecule has 0 aromatic heterocycles. The highest BCUT2D eigenvalue weighted by atomic mass is 19.1. The molecule has 0 fully saturated rings. The van der Waals surface area contributed by atoms with E-state index < -0.39 is 12.6 Å². The molecule has 0 bridgehead atoms. The van der Waals surface area contributed by atoms with Crippen LogP contribution in [0.3, 0.4) is 0 Å². The van der Waals surface area contributed by atoms with Crippen molar-refractivity contribution in [2.45, 2.75) is 6.42 Å². The number of ether oxygens (including phenoxy) is 1.